The molecule has 0 radical (unpaired) electrons. The van der Waals surface area contributed by atoms with Gasteiger partial charge in [-0.1, -0.05) is 36.4 Å². The van der Waals surface area contributed by atoms with Crippen molar-refractivity contribution in [3.63, 3.8) is 0 Å². The Morgan fingerprint density at radius 1 is 0.765 bits per heavy atom. The molecule has 0 aliphatic rings. The van der Waals surface area contributed by atoms with Crippen LogP contribution >= 0.6 is 0 Å². The molecule has 0 fully saturated rings. The number of benzene rings is 3. The van der Waals surface area contributed by atoms with Gasteiger partial charge in [-0.2, -0.15) is 0 Å². The van der Waals surface area contributed by atoms with Crippen molar-refractivity contribution < 1.29 is 28.8 Å². The number of anilines is 1. The summed E-state index contributed by atoms with van der Waals surface area (Å²) in [5.41, 5.74) is 3.05. The molecule has 3 aromatic carbocycles. The molecule has 7 heteroatoms. The molecule has 0 spiro atoms. The first-order chi connectivity index (χ1) is 16.5. The molecule has 0 atom stereocenters. The second-order valence-corrected chi connectivity index (χ2v) is 7.13. The van der Waals surface area contributed by atoms with Gasteiger partial charge in [0.2, 0.25) is 11.7 Å². The minimum absolute atomic E-state index is 0.0388. The Balaban J connectivity index is 1.79. The summed E-state index contributed by atoms with van der Waals surface area (Å²) in [5, 5.41) is 12.6. The fourth-order valence-corrected chi connectivity index (χ4v) is 3.28. The second-order valence-electron chi connectivity index (χ2n) is 7.13. The van der Waals surface area contributed by atoms with Crippen LogP contribution in [-0.2, 0) is 4.79 Å². The highest BCUT2D eigenvalue weighted by atomic mass is 16.5. The summed E-state index contributed by atoms with van der Waals surface area (Å²) in [6.45, 7) is 0. The summed E-state index contributed by atoms with van der Waals surface area (Å²) in [4.78, 5) is 12.5. The van der Waals surface area contributed by atoms with Crippen molar-refractivity contribution in [1.82, 2.24) is 0 Å². The van der Waals surface area contributed by atoms with E-state index in [2.05, 4.69) is 5.32 Å². The molecule has 0 aliphatic heterocycles. The van der Waals surface area contributed by atoms with E-state index in [1.165, 1.54) is 19.3 Å². The predicted molar refractivity (Wildman–Crippen MR) is 134 cm³/mol. The molecule has 2 N–H and O–H groups in total. The Kier molecular flexibility index (Phi) is 8.18. The largest absolute Gasteiger partial charge is 0.504 e. The maximum atomic E-state index is 12.5. The van der Waals surface area contributed by atoms with Crippen molar-refractivity contribution in [2.45, 2.75) is 0 Å². The van der Waals surface area contributed by atoms with E-state index in [0.29, 0.717) is 28.7 Å². The third-order valence-electron chi connectivity index (χ3n) is 4.99. The molecular formula is C27H27NO6. The number of nitrogens with one attached hydrogen (secondary N) is 1. The number of ether oxygens (including phenoxy) is 4. The zero-order chi connectivity index (χ0) is 24.5. The van der Waals surface area contributed by atoms with Gasteiger partial charge in [0.1, 0.15) is 0 Å². The van der Waals surface area contributed by atoms with E-state index in [-0.39, 0.29) is 11.7 Å². The van der Waals surface area contributed by atoms with Gasteiger partial charge in [0.25, 0.3) is 0 Å². The van der Waals surface area contributed by atoms with Crippen molar-refractivity contribution in [3.8, 4) is 28.7 Å². The maximum Gasteiger partial charge on any atom is 0.248 e. The van der Waals surface area contributed by atoms with Crippen molar-refractivity contribution >= 4 is 29.8 Å². The molecule has 34 heavy (non-hydrogen) atoms. The SMILES string of the molecule is COc1cc(/C=C/C(=O)Nc2ccccc2/C=C/c2cc(OC)c(OC)c(OC)c2)ccc1O. The third kappa shape index (κ3) is 5.89. The van der Waals surface area contributed by atoms with E-state index in [1.807, 2.05) is 48.6 Å². The van der Waals surface area contributed by atoms with Crippen LogP contribution in [0.5, 0.6) is 28.7 Å². The minimum atomic E-state index is -0.291. The van der Waals surface area contributed by atoms with Crippen molar-refractivity contribution in [1.29, 1.82) is 0 Å². The molecule has 3 rings (SSSR count). The molecule has 0 bridgehead atoms. The third-order valence-corrected chi connectivity index (χ3v) is 4.99. The van der Waals surface area contributed by atoms with Crippen LogP contribution in [-0.4, -0.2) is 39.5 Å². The number of rotatable bonds is 9. The van der Waals surface area contributed by atoms with Gasteiger partial charge in [0.05, 0.1) is 28.4 Å². The Morgan fingerprint density at radius 2 is 1.41 bits per heavy atom. The number of carbonyl (C=O) groups is 1. The number of hydrogen-bond acceptors (Lipinski definition) is 6. The Labute approximate surface area is 198 Å². The van der Waals surface area contributed by atoms with Gasteiger partial charge >= 0.3 is 0 Å². The average Bonchev–Trinajstić information content (AvgIpc) is 2.86. The highest BCUT2D eigenvalue weighted by molar-refractivity contribution is 6.03. The highest BCUT2D eigenvalue weighted by Crippen LogP contribution is 2.38. The molecule has 0 unspecified atom stereocenters. The second kappa shape index (κ2) is 11.5. The lowest BCUT2D eigenvalue weighted by Gasteiger charge is -2.13. The standard InChI is InChI=1S/C27H27NO6/c1-31-23-15-18(10-13-22(23)29)11-14-26(30)28-21-8-6-5-7-20(21)12-9-19-16-24(32-2)27(34-4)25(17-19)33-3/h5-17,29H,1-4H3,(H,28,30)/b12-9+,14-11+. The zero-order valence-electron chi connectivity index (χ0n) is 19.5. The van der Waals surface area contributed by atoms with Crippen LogP contribution in [0, 0.1) is 0 Å². The number of amides is 1. The Bertz CT molecular complexity index is 1190. The monoisotopic (exact) mass is 461 g/mol. The predicted octanol–water partition coefficient (Wildman–Crippen LogP) is 5.25. The van der Waals surface area contributed by atoms with Crippen LogP contribution in [0.3, 0.4) is 0 Å². The van der Waals surface area contributed by atoms with Crippen LogP contribution in [0.2, 0.25) is 0 Å². The molecule has 0 aliphatic carbocycles. The van der Waals surface area contributed by atoms with Crippen LogP contribution < -0.4 is 24.3 Å². The normalized spacial score (nSPS) is 10.9. The quantitative estimate of drug-likeness (QED) is 0.334. The summed E-state index contributed by atoms with van der Waals surface area (Å²) >= 11 is 0. The molecule has 0 saturated carbocycles. The summed E-state index contributed by atoms with van der Waals surface area (Å²) in [6.07, 6.45) is 6.86. The smallest absolute Gasteiger partial charge is 0.248 e. The highest BCUT2D eigenvalue weighted by Gasteiger charge is 2.12. The van der Waals surface area contributed by atoms with Crippen molar-refractivity contribution in [2.24, 2.45) is 0 Å². The summed E-state index contributed by atoms with van der Waals surface area (Å²) in [6, 6.07) is 16.0. The van der Waals surface area contributed by atoms with E-state index in [4.69, 9.17) is 18.9 Å². The molecule has 1 amide bonds. The van der Waals surface area contributed by atoms with Crippen LogP contribution in [0.1, 0.15) is 16.7 Å². The lowest BCUT2D eigenvalue weighted by molar-refractivity contribution is -0.111. The van der Waals surface area contributed by atoms with Crippen molar-refractivity contribution in [3.05, 3.63) is 77.4 Å². The van der Waals surface area contributed by atoms with E-state index in [1.54, 1.807) is 39.5 Å². The molecular weight excluding hydrogens is 434 g/mol. The first-order valence-corrected chi connectivity index (χ1v) is 10.4. The van der Waals surface area contributed by atoms with E-state index in [9.17, 15) is 9.90 Å². The van der Waals surface area contributed by atoms with E-state index in [0.717, 1.165) is 16.7 Å². The van der Waals surface area contributed by atoms with E-state index >= 15 is 0 Å². The number of phenolic OH excluding ortho intramolecular Hbond substituents is 1. The van der Waals surface area contributed by atoms with Gasteiger partial charge in [-0.3, -0.25) is 4.79 Å². The van der Waals surface area contributed by atoms with Gasteiger partial charge in [-0.25, -0.2) is 0 Å². The zero-order valence-corrected chi connectivity index (χ0v) is 19.5. The number of methoxy groups -OCH3 is 4. The summed E-state index contributed by atoms with van der Waals surface area (Å²) < 4.78 is 21.3. The van der Waals surface area contributed by atoms with Gasteiger partial charge in [0.15, 0.2) is 23.0 Å². The van der Waals surface area contributed by atoms with Gasteiger partial charge in [-0.15, -0.1) is 0 Å². The van der Waals surface area contributed by atoms with Crippen LogP contribution in [0.25, 0.3) is 18.2 Å². The Morgan fingerprint density at radius 3 is 2.06 bits per heavy atom. The molecule has 0 aromatic heterocycles. The first-order valence-electron chi connectivity index (χ1n) is 10.4. The number of carbonyl (C=O) groups excluding carboxylic acids is 1. The lowest BCUT2D eigenvalue weighted by Crippen LogP contribution is -2.08. The van der Waals surface area contributed by atoms with Crippen LogP contribution in [0.15, 0.2) is 60.7 Å². The molecule has 7 nitrogen and oxygen atoms in total. The van der Waals surface area contributed by atoms with Gasteiger partial charge in [-0.05, 0) is 53.1 Å². The first kappa shape index (κ1) is 24.3. The number of para-hydroxylation sites is 1. The summed E-state index contributed by atoms with van der Waals surface area (Å²) in [5.74, 6) is 1.72. The van der Waals surface area contributed by atoms with Gasteiger partial charge < -0.3 is 29.4 Å². The number of phenols is 1. The maximum absolute atomic E-state index is 12.5. The fourth-order valence-electron chi connectivity index (χ4n) is 3.28. The molecule has 0 heterocycles. The molecule has 0 saturated heterocycles. The number of hydrogen-bond donors (Lipinski definition) is 2. The Hall–Kier alpha value is -4.39. The summed E-state index contributed by atoms with van der Waals surface area (Å²) in [7, 11) is 6.16. The lowest BCUT2D eigenvalue weighted by atomic mass is 10.1. The van der Waals surface area contributed by atoms with E-state index < -0.39 is 0 Å². The van der Waals surface area contributed by atoms with Crippen molar-refractivity contribution in [2.75, 3.05) is 33.8 Å². The van der Waals surface area contributed by atoms with Crippen LogP contribution in [0.4, 0.5) is 5.69 Å². The topological polar surface area (TPSA) is 86.3 Å². The molecule has 176 valence electrons. The minimum Gasteiger partial charge on any atom is -0.504 e. The average molecular weight is 462 g/mol. The van der Waals surface area contributed by atoms with Gasteiger partial charge in [0, 0.05) is 11.8 Å². The number of aromatic hydroxyl groups is 1. The fraction of sp³-hybridized carbons (Fsp3) is 0.148. The molecule has 3 aromatic rings.